The normalized spacial score (nSPS) is 11.2. The van der Waals surface area contributed by atoms with E-state index in [9.17, 15) is 0 Å². The van der Waals surface area contributed by atoms with Crippen molar-refractivity contribution in [2.75, 3.05) is 12.4 Å². The lowest BCUT2D eigenvalue weighted by Gasteiger charge is -2.22. The van der Waals surface area contributed by atoms with Crippen molar-refractivity contribution in [3.8, 4) is 5.75 Å². The molecule has 0 aromatic heterocycles. The lowest BCUT2D eigenvalue weighted by molar-refractivity contribution is 0.411. The standard InChI is InChI=1S/C12H19NO/c1-9-8-10(13-12(2,3)4)6-7-11(9)14-5/h6-8,13H,1-5H3. The van der Waals surface area contributed by atoms with Gasteiger partial charge < -0.3 is 10.1 Å². The molecule has 0 spiro atoms. The van der Waals surface area contributed by atoms with Crippen LogP contribution in [0.2, 0.25) is 0 Å². The SMILES string of the molecule is COc1ccc(NC(C)(C)C)cc1C. The number of nitrogens with one attached hydrogen (secondary N) is 1. The number of hydrogen-bond donors (Lipinski definition) is 1. The van der Waals surface area contributed by atoms with E-state index >= 15 is 0 Å². The van der Waals surface area contributed by atoms with Gasteiger partial charge in [-0.05, 0) is 51.5 Å². The summed E-state index contributed by atoms with van der Waals surface area (Å²) in [5.41, 5.74) is 2.39. The highest BCUT2D eigenvalue weighted by atomic mass is 16.5. The lowest BCUT2D eigenvalue weighted by Crippen LogP contribution is -2.25. The van der Waals surface area contributed by atoms with Gasteiger partial charge in [-0.3, -0.25) is 0 Å². The van der Waals surface area contributed by atoms with Crippen LogP contribution < -0.4 is 10.1 Å². The quantitative estimate of drug-likeness (QED) is 0.778. The topological polar surface area (TPSA) is 21.3 Å². The Balaban J connectivity index is 2.87. The summed E-state index contributed by atoms with van der Waals surface area (Å²) in [6.07, 6.45) is 0. The van der Waals surface area contributed by atoms with Crippen LogP contribution >= 0.6 is 0 Å². The van der Waals surface area contributed by atoms with Crippen molar-refractivity contribution in [3.05, 3.63) is 23.8 Å². The van der Waals surface area contributed by atoms with Crippen molar-refractivity contribution >= 4 is 5.69 Å². The Hall–Kier alpha value is -1.18. The van der Waals surface area contributed by atoms with E-state index in [0.717, 1.165) is 17.0 Å². The minimum atomic E-state index is 0.0982. The van der Waals surface area contributed by atoms with Gasteiger partial charge in [-0.2, -0.15) is 0 Å². The van der Waals surface area contributed by atoms with Gasteiger partial charge in [0.25, 0.3) is 0 Å². The Morgan fingerprint density at radius 3 is 2.29 bits per heavy atom. The molecule has 0 atom stereocenters. The molecular weight excluding hydrogens is 174 g/mol. The number of rotatable bonds is 2. The molecule has 2 heteroatoms. The van der Waals surface area contributed by atoms with Crippen LogP contribution in [0, 0.1) is 6.92 Å². The Morgan fingerprint density at radius 1 is 1.21 bits per heavy atom. The van der Waals surface area contributed by atoms with Crippen LogP contribution in [0.25, 0.3) is 0 Å². The van der Waals surface area contributed by atoms with Crippen LogP contribution in [0.1, 0.15) is 26.3 Å². The molecule has 0 amide bonds. The number of anilines is 1. The first kappa shape index (κ1) is 10.9. The molecule has 0 bridgehead atoms. The molecule has 1 aromatic carbocycles. The largest absolute Gasteiger partial charge is 0.496 e. The summed E-state index contributed by atoms with van der Waals surface area (Å²) < 4.78 is 5.20. The maximum absolute atomic E-state index is 5.20. The molecule has 0 saturated carbocycles. The fourth-order valence-corrected chi connectivity index (χ4v) is 1.39. The smallest absolute Gasteiger partial charge is 0.121 e. The number of benzene rings is 1. The molecule has 0 aliphatic rings. The average molecular weight is 193 g/mol. The van der Waals surface area contributed by atoms with Crippen molar-refractivity contribution in [1.82, 2.24) is 0 Å². The van der Waals surface area contributed by atoms with E-state index < -0.39 is 0 Å². The van der Waals surface area contributed by atoms with Crippen LogP contribution in [-0.2, 0) is 0 Å². The minimum absolute atomic E-state index is 0.0982. The summed E-state index contributed by atoms with van der Waals surface area (Å²) in [6.45, 7) is 8.48. The van der Waals surface area contributed by atoms with Crippen molar-refractivity contribution in [3.63, 3.8) is 0 Å². The van der Waals surface area contributed by atoms with E-state index in [1.807, 2.05) is 19.1 Å². The Kier molecular flexibility index (Phi) is 3.04. The third-order valence-corrected chi connectivity index (χ3v) is 1.91. The van der Waals surface area contributed by atoms with Crippen molar-refractivity contribution in [2.45, 2.75) is 33.2 Å². The zero-order chi connectivity index (χ0) is 10.8. The molecule has 78 valence electrons. The summed E-state index contributed by atoms with van der Waals surface area (Å²) in [6, 6.07) is 6.13. The molecule has 2 nitrogen and oxygen atoms in total. The second-order valence-corrected chi connectivity index (χ2v) is 4.56. The van der Waals surface area contributed by atoms with E-state index in [2.05, 4.69) is 32.2 Å². The van der Waals surface area contributed by atoms with E-state index in [-0.39, 0.29) is 5.54 Å². The number of aryl methyl sites for hydroxylation is 1. The molecule has 1 N–H and O–H groups in total. The molecule has 0 radical (unpaired) electrons. The molecule has 0 unspecified atom stereocenters. The molecular formula is C12H19NO. The Morgan fingerprint density at radius 2 is 1.86 bits per heavy atom. The first-order valence-electron chi connectivity index (χ1n) is 4.85. The van der Waals surface area contributed by atoms with Crippen LogP contribution in [0.4, 0.5) is 5.69 Å². The van der Waals surface area contributed by atoms with Crippen molar-refractivity contribution in [1.29, 1.82) is 0 Å². The van der Waals surface area contributed by atoms with Gasteiger partial charge in [0.2, 0.25) is 0 Å². The first-order valence-corrected chi connectivity index (χ1v) is 4.85. The molecule has 1 aromatic rings. The highest BCUT2D eigenvalue weighted by Crippen LogP contribution is 2.23. The molecule has 0 aliphatic carbocycles. The predicted molar refractivity (Wildman–Crippen MR) is 61.1 cm³/mol. The van der Waals surface area contributed by atoms with Gasteiger partial charge in [0.05, 0.1) is 7.11 Å². The Bertz CT molecular complexity index is 313. The Labute approximate surface area is 86.3 Å². The van der Waals surface area contributed by atoms with Gasteiger partial charge in [-0.25, -0.2) is 0 Å². The zero-order valence-corrected chi connectivity index (χ0v) is 9.64. The van der Waals surface area contributed by atoms with E-state index in [0.29, 0.717) is 0 Å². The van der Waals surface area contributed by atoms with E-state index in [1.54, 1.807) is 7.11 Å². The second-order valence-electron chi connectivity index (χ2n) is 4.56. The summed E-state index contributed by atoms with van der Waals surface area (Å²) >= 11 is 0. The number of hydrogen-bond acceptors (Lipinski definition) is 2. The monoisotopic (exact) mass is 193 g/mol. The highest BCUT2D eigenvalue weighted by molar-refractivity contribution is 5.51. The predicted octanol–water partition coefficient (Wildman–Crippen LogP) is 3.21. The molecule has 0 heterocycles. The van der Waals surface area contributed by atoms with Gasteiger partial charge in [-0.15, -0.1) is 0 Å². The maximum Gasteiger partial charge on any atom is 0.121 e. The summed E-state index contributed by atoms with van der Waals surface area (Å²) in [5, 5.41) is 3.42. The molecule has 0 saturated heterocycles. The first-order chi connectivity index (χ1) is 6.42. The summed E-state index contributed by atoms with van der Waals surface area (Å²) in [5.74, 6) is 0.935. The van der Waals surface area contributed by atoms with Crippen LogP contribution in [0.3, 0.4) is 0 Å². The lowest BCUT2D eigenvalue weighted by atomic mass is 10.1. The minimum Gasteiger partial charge on any atom is -0.496 e. The third-order valence-electron chi connectivity index (χ3n) is 1.91. The highest BCUT2D eigenvalue weighted by Gasteiger charge is 2.09. The molecule has 1 rings (SSSR count). The van der Waals surface area contributed by atoms with Gasteiger partial charge in [0.15, 0.2) is 0 Å². The van der Waals surface area contributed by atoms with Crippen LogP contribution in [0.5, 0.6) is 5.75 Å². The average Bonchev–Trinajstić information content (AvgIpc) is 2.01. The van der Waals surface area contributed by atoms with Gasteiger partial charge in [-0.1, -0.05) is 0 Å². The van der Waals surface area contributed by atoms with Crippen LogP contribution in [-0.4, -0.2) is 12.6 Å². The molecule has 14 heavy (non-hydrogen) atoms. The van der Waals surface area contributed by atoms with Crippen LogP contribution in [0.15, 0.2) is 18.2 Å². The van der Waals surface area contributed by atoms with Crippen molar-refractivity contribution in [2.24, 2.45) is 0 Å². The fraction of sp³-hybridized carbons (Fsp3) is 0.500. The molecule has 0 fully saturated rings. The second kappa shape index (κ2) is 3.91. The van der Waals surface area contributed by atoms with Gasteiger partial charge >= 0.3 is 0 Å². The fourth-order valence-electron chi connectivity index (χ4n) is 1.39. The van der Waals surface area contributed by atoms with E-state index in [1.165, 1.54) is 0 Å². The van der Waals surface area contributed by atoms with Gasteiger partial charge in [0.1, 0.15) is 5.75 Å². The maximum atomic E-state index is 5.20. The zero-order valence-electron chi connectivity index (χ0n) is 9.64. The third kappa shape index (κ3) is 2.95. The van der Waals surface area contributed by atoms with Crippen molar-refractivity contribution < 1.29 is 4.74 Å². The summed E-state index contributed by atoms with van der Waals surface area (Å²) in [4.78, 5) is 0. The van der Waals surface area contributed by atoms with E-state index in [4.69, 9.17) is 4.74 Å². The number of methoxy groups -OCH3 is 1. The molecule has 0 aliphatic heterocycles. The summed E-state index contributed by atoms with van der Waals surface area (Å²) in [7, 11) is 1.69. The number of ether oxygens (including phenoxy) is 1. The van der Waals surface area contributed by atoms with Gasteiger partial charge in [0, 0.05) is 11.2 Å².